The number of nitrogens with two attached hydrogens (primary N) is 1. The number of carbonyl (C=O) groups excluding carboxylic acids is 2. The third kappa shape index (κ3) is 2.92. The molecule has 2 aromatic rings. The predicted octanol–water partition coefficient (Wildman–Crippen LogP) is 2.34. The van der Waals surface area contributed by atoms with Crippen molar-refractivity contribution < 1.29 is 9.59 Å². The van der Waals surface area contributed by atoms with E-state index in [1.807, 2.05) is 18.2 Å². The number of benzene rings is 1. The van der Waals surface area contributed by atoms with Gasteiger partial charge in [0.05, 0.1) is 11.4 Å². The molecule has 2 amide bonds. The van der Waals surface area contributed by atoms with E-state index in [-0.39, 0.29) is 12.3 Å². The van der Waals surface area contributed by atoms with Gasteiger partial charge in [0.25, 0.3) is 0 Å². The van der Waals surface area contributed by atoms with Gasteiger partial charge in [-0.15, -0.1) is 0 Å². The van der Waals surface area contributed by atoms with Gasteiger partial charge in [-0.2, -0.15) is 0 Å². The number of primary amides is 1. The fraction of sp³-hybridized carbons (Fsp3) is 0.235. The molecule has 0 saturated heterocycles. The number of aryl methyl sites for hydroxylation is 1. The Bertz CT molecular complexity index is 804. The molecule has 0 saturated carbocycles. The molecule has 2 N–H and O–H groups in total. The number of aromatic nitrogens is 1. The average molecular weight is 330 g/mol. The normalized spacial score (nSPS) is 13.8. The second-order valence-corrected chi connectivity index (χ2v) is 5.98. The number of amides is 2. The van der Waals surface area contributed by atoms with Crippen LogP contribution in [0.1, 0.15) is 17.5 Å². The fourth-order valence-electron chi connectivity index (χ4n) is 2.82. The Labute approximate surface area is 139 Å². The van der Waals surface area contributed by atoms with Gasteiger partial charge in [0.1, 0.15) is 0 Å². The van der Waals surface area contributed by atoms with Gasteiger partial charge in [-0.3, -0.25) is 14.6 Å². The zero-order valence-electron chi connectivity index (χ0n) is 12.7. The van der Waals surface area contributed by atoms with Gasteiger partial charge in [0.2, 0.25) is 11.8 Å². The molecular weight excluding hydrogens is 314 g/mol. The summed E-state index contributed by atoms with van der Waals surface area (Å²) in [5.74, 6) is -0.329. The zero-order chi connectivity index (χ0) is 16.6. The molecular formula is C17H16ClN3O2. The van der Waals surface area contributed by atoms with Crippen LogP contribution in [0.5, 0.6) is 0 Å². The minimum Gasteiger partial charge on any atom is -0.369 e. The summed E-state index contributed by atoms with van der Waals surface area (Å²) in [5, 5.41) is 0.485. The monoisotopic (exact) mass is 329 g/mol. The van der Waals surface area contributed by atoms with Gasteiger partial charge in [0, 0.05) is 37.1 Å². The molecule has 0 radical (unpaired) electrons. The summed E-state index contributed by atoms with van der Waals surface area (Å²) in [4.78, 5) is 28.7. The van der Waals surface area contributed by atoms with Crippen LogP contribution in [0.4, 0.5) is 5.69 Å². The van der Waals surface area contributed by atoms with Crippen molar-refractivity contribution in [2.45, 2.75) is 19.3 Å². The van der Waals surface area contributed by atoms with Crippen LogP contribution in [0.25, 0.3) is 11.1 Å². The van der Waals surface area contributed by atoms with E-state index >= 15 is 0 Å². The minimum absolute atomic E-state index is 0.0574. The molecule has 118 valence electrons. The lowest BCUT2D eigenvalue weighted by Crippen LogP contribution is -2.30. The van der Waals surface area contributed by atoms with Gasteiger partial charge < -0.3 is 10.6 Å². The molecule has 1 aromatic heterocycles. The molecule has 0 bridgehead atoms. The number of hydrogen-bond donors (Lipinski definition) is 1. The average Bonchev–Trinajstić information content (AvgIpc) is 2.52. The Morgan fingerprint density at radius 2 is 2.13 bits per heavy atom. The highest BCUT2D eigenvalue weighted by atomic mass is 35.5. The molecule has 0 aliphatic carbocycles. The standard InChI is InChI=1S/C17H16ClN3O2/c1-21-14-4-2-10(6-11(14)3-5-16(21)23)13-9-20-8-12(17(13)18)7-15(19)22/h2,4,6,8-9H,3,5,7H2,1H3,(H2,19,22). The maximum Gasteiger partial charge on any atom is 0.227 e. The summed E-state index contributed by atoms with van der Waals surface area (Å²) >= 11 is 6.41. The van der Waals surface area contributed by atoms with Crippen LogP contribution in [-0.4, -0.2) is 23.8 Å². The molecule has 2 heterocycles. The lowest BCUT2D eigenvalue weighted by atomic mass is 9.96. The van der Waals surface area contributed by atoms with E-state index < -0.39 is 5.91 Å². The van der Waals surface area contributed by atoms with Gasteiger partial charge in [-0.05, 0) is 35.2 Å². The zero-order valence-corrected chi connectivity index (χ0v) is 13.4. The van der Waals surface area contributed by atoms with Crippen molar-refractivity contribution in [1.82, 2.24) is 4.98 Å². The van der Waals surface area contributed by atoms with Crippen molar-refractivity contribution in [1.29, 1.82) is 0 Å². The summed E-state index contributed by atoms with van der Waals surface area (Å²) < 4.78 is 0. The molecule has 23 heavy (non-hydrogen) atoms. The molecule has 1 aliphatic heterocycles. The summed E-state index contributed by atoms with van der Waals surface area (Å²) in [6.07, 6.45) is 4.49. The molecule has 0 unspecified atom stereocenters. The Morgan fingerprint density at radius 1 is 1.35 bits per heavy atom. The van der Waals surface area contributed by atoms with Gasteiger partial charge in [-0.1, -0.05) is 17.7 Å². The van der Waals surface area contributed by atoms with Gasteiger partial charge >= 0.3 is 0 Å². The second-order valence-electron chi connectivity index (χ2n) is 5.60. The summed E-state index contributed by atoms with van der Waals surface area (Å²) in [6.45, 7) is 0. The summed E-state index contributed by atoms with van der Waals surface area (Å²) in [6, 6.07) is 5.85. The first kappa shape index (κ1) is 15.5. The third-order valence-electron chi connectivity index (χ3n) is 4.05. The van der Waals surface area contributed by atoms with E-state index in [0.29, 0.717) is 23.4 Å². The van der Waals surface area contributed by atoms with Crippen molar-refractivity contribution in [3.63, 3.8) is 0 Å². The van der Waals surface area contributed by atoms with Crippen molar-refractivity contribution in [2.24, 2.45) is 5.73 Å². The number of nitrogens with zero attached hydrogens (tertiary/aromatic N) is 2. The molecule has 5 nitrogen and oxygen atoms in total. The van der Waals surface area contributed by atoms with Crippen molar-refractivity contribution in [3.05, 3.63) is 46.7 Å². The summed E-state index contributed by atoms with van der Waals surface area (Å²) in [7, 11) is 1.78. The number of rotatable bonds is 3. The Hall–Kier alpha value is -2.40. The number of fused-ring (bicyclic) bond motifs is 1. The lowest BCUT2D eigenvalue weighted by Gasteiger charge is -2.26. The number of carbonyl (C=O) groups is 2. The highest BCUT2D eigenvalue weighted by molar-refractivity contribution is 6.34. The van der Waals surface area contributed by atoms with Crippen LogP contribution in [0.2, 0.25) is 5.02 Å². The van der Waals surface area contributed by atoms with Crippen LogP contribution >= 0.6 is 11.6 Å². The smallest absolute Gasteiger partial charge is 0.227 e. The maximum absolute atomic E-state index is 11.8. The number of hydrogen-bond acceptors (Lipinski definition) is 3. The number of pyridine rings is 1. The van der Waals surface area contributed by atoms with Gasteiger partial charge in [-0.25, -0.2) is 0 Å². The Balaban J connectivity index is 2.03. The first-order valence-corrected chi connectivity index (χ1v) is 7.65. The Morgan fingerprint density at radius 3 is 2.87 bits per heavy atom. The van der Waals surface area contributed by atoms with E-state index in [2.05, 4.69) is 4.98 Å². The summed E-state index contributed by atoms with van der Waals surface area (Å²) in [5.41, 5.74) is 9.54. The highest BCUT2D eigenvalue weighted by Crippen LogP contribution is 2.35. The fourth-order valence-corrected chi connectivity index (χ4v) is 3.10. The number of halogens is 1. The second kappa shape index (κ2) is 6.01. The van der Waals surface area contributed by atoms with E-state index in [0.717, 1.165) is 22.4 Å². The molecule has 1 aliphatic rings. The quantitative estimate of drug-likeness (QED) is 0.939. The van der Waals surface area contributed by atoms with E-state index in [1.54, 1.807) is 24.3 Å². The molecule has 0 fully saturated rings. The van der Waals surface area contributed by atoms with E-state index in [9.17, 15) is 9.59 Å². The van der Waals surface area contributed by atoms with Crippen molar-refractivity contribution >= 4 is 29.1 Å². The highest BCUT2D eigenvalue weighted by Gasteiger charge is 2.21. The van der Waals surface area contributed by atoms with E-state index in [4.69, 9.17) is 17.3 Å². The lowest BCUT2D eigenvalue weighted by molar-refractivity contribution is -0.119. The molecule has 1 aromatic carbocycles. The predicted molar refractivity (Wildman–Crippen MR) is 89.3 cm³/mol. The van der Waals surface area contributed by atoms with Crippen LogP contribution in [0.3, 0.4) is 0 Å². The first-order valence-electron chi connectivity index (χ1n) is 7.28. The minimum atomic E-state index is -0.448. The van der Waals surface area contributed by atoms with Crippen molar-refractivity contribution in [2.75, 3.05) is 11.9 Å². The largest absolute Gasteiger partial charge is 0.369 e. The molecule has 6 heteroatoms. The third-order valence-corrected chi connectivity index (χ3v) is 4.50. The van der Waals surface area contributed by atoms with Crippen LogP contribution in [0.15, 0.2) is 30.6 Å². The first-order chi connectivity index (χ1) is 11.0. The molecule has 0 spiro atoms. The molecule has 3 rings (SSSR count). The topological polar surface area (TPSA) is 76.3 Å². The van der Waals surface area contributed by atoms with Crippen LogP contribution in [0, 0.1) is 0 Å². The van der Waals surface area contributed by atoms with Crippen molar-refractivity contribution in [3.8, 4) is 11.1 Å². The maximum atomic E-state index is 11.8. The number of anilines is 1. The van der Waals surface area contributed by atoms with Crippen LogP contribution < -0.4 is 10.6 Å². The van der Waals surface area contributed by atoms with E-state index in [1.165, 1.54) is 0 Å². The SMILES string of the molecule is CN1C(=O)CCc2cc(-c3cncc(CC(N)=O)c3Cl)ccc21. The van der Waals surface area contributed by atoms with Crippen LogP contribution in [-0.2, 0) is 22.4 Å². The van der Waals surface area contributed by atoms with Gasteiger partial charge in [0.15, 0.2) is 0 Å². The molecule has 0 atom stereocenters. The Kier molecular flexibility index (Phi) is 4.05.